The van der Waals surface area contributed by atoms with Crippen LogP contribution in [0.3, 0.4) is 0 Å². The average molecular weight is 1390 g/mol. The third-order valence-corrected chi connectivity index (χ3v) is 16.8. The van der Waals surface area contributed by atoms with Crippen LogP contribution in [0.15, 0.2) is 122 Å². The minimum atomic E-state index is -4.98. The van der Waals surface area contributed by atoms with Crippen molar-refractivity contribution in [2.45, 2.75) is 303 Å². The molecule has 0 aromatic heterocycles. The highest BCUT2D eigenvalue weighted by atomic mass is 31.2. The quantitative estimate of drug-likeness (QED) is 0.0169. The predicted octanol–water partition coefficient (Wildman–Crippen LogP) is 20.8. The number of aliphatic hydroxyl groups excluding tert-OH is 1. The summed E-state index contributed by atoms with van der Waals surface area (Å²) in [5, 5.41) is 10.6. The molecule has 3 N–H and O–H groups in total. The summed E-state index contributed by atoms with van der Waals surface area (Å²) < 4.78 is 68.3. The standard InChI is InChI=1S/C77H130O17P2/c1-5-9-13-17-21-25-29-31-33-35-37-39-43-45-49-53-57-61-74(79)87-67-72(93-76(81)63-59-55-51-47-41-27-23-19-15-11-7-3)69-91-95(83,84)89-65-71(78)66-90-96(85,86)92-70-73(94-77(82)64-60-56-52-48-42-28-24-20-16-12-8-4)68-88-75(80)62-58-54-50-46-44-40-38-36-34-32-30-26-22-18-14-10-6-2/h9-10,13-14,19-26,31-34,37-40,71-73,78H,5-8,11-12,15-18,27-30,35-36,41-70H2,1-4H3,(H,83,84)(H,85,86)/b13-9-,14-10-,23-19-,24-20-,25-21-,26-22-,33-31-,34-32-,39-37-,40-38-. The van der Waals surface area contributed by atoms with Gasteiger partial charge in [0.1, 0.15) is 19.3 Å². The monoisotopic (exact) mass is 1390 g/mol. The zero-order chi connectivity index (χ0) is 70.4. The second kappa shape index (κ2) is 69.0. The van der Waals surface area contributed by atoms with Crippen LogP contribution in [-0.2, 0) is 65.4 Å². The zero-order valence-corrected chi connectivity index (χ0v) is 61.5. The van der Waals surface area contributed by atoms with Gasteiger partial charge in [0.25, 0.3) is 0 Å². The lowest BCUT2D eigenvalue weighted by atomic mass is 10.1. The molecule has 4 unspecified atom stereocenters. The van der Waals surface area contributed by atoms with Gasteiger partial charge in [0, 0.05) is 25.7 Å². The highest BCUT2D eigenvalue weighted by Crippen LogP contribution is 2.45. The first-order valence-corrected chi connectivity index (χ1v) is 39.8. The van der Waals surface area contributed by atoms with Gasteiger partial charge < -0.3 is 33.8 Å². The molecule has 0 amide bonds. The van der Waals surface area contributed by atoms with Crippen LogP contribution >= 0.6 is 15.6 Å². The van der Waals surface area contributed by atoms with Crippen molar-refractivity contribution >= 4 is 39.5 Å². The first-order chi connectivity index (χ1) is 46.7. The largest absolute Gasteiger partial charge is 0.472 e. The number of phosphoric ester groups is 2. The third-order valence-electron chi connectivity index (χ3n) is 14.9. The molecule has 0 aliphatic carbocycles. The molecule has 0 heterocycles. The number of unbranched alkanes of at least 4 members (excludes halogenated alkanes) is 22. The van der Waals surface area contributed by atoms with E-state index in [0.29, 0.717) is 25.7 Å². The first-order valence-electron chi connectivity index (χ1n) is 36.8. The number of rotatable bonds is 68. The molecule has 0 aliphatic rings. The highest BCUT2D eigenvalue weighted by molar-refractivity contribution is 7.47. The summed E-state index contributed by atoms with van der Waals surface area (Å²) in [5.41, 5.74) is 0. The number of hydrogen-bond donors (Lipinski definition) is 3. The van der Waals surface area contributed by atoms with Crippen molar-refractivity contribution in [2.75, 3.05) is 39.6 Å². The van der Waals surface area contributed by atoms with Crippen molar-refractivity contribution in [1.82, 2.24) is 0 Å². The van der Waals surface area contributed by atoms with Crippen molar-refractivity contribution < 1.29 is 80.2 Å². The number of carbonyl (C=O) groups excluding carboxylic acids is 4. The van der Waals surface area contributed by atoms with Gasteiger partial charge in [-0.3, -0.25) is 37.3 Å². The van der Waals surface area contributed by atoms with E-state index in [2.05, 4.69) is 149 Å². The molecule has 17 nitrogen and oxygen atoms in total. The van der Waals surface area contributed by atoms with Gasteiger partial charge in [-0.2, -0.15) is 0 Å². The van der Waals surface area contributed by atoms with Gasteiger partial charge in [-0.25, -0.2) is 9.13 Å². The molecular weight excluding hydrogens is 1260 g/mol. The molecule has 0 spiro atoms. The maximum absolute atomic E-state index is 13.0. The smallest absolute Gasteiger partial charge is 0.462 e. The fraction of sp³-hybridized carbons (Fsp3) is 0.688. The maximum Gasteiger partial charge on any atom is 0.472 e. The van der Waals surface area contributed by atoms with Gasteiger partial charge in [0.05, 0.1) is 26.4 Å². The number of phosphoric acid groups is 2. The number of carbonyl (C=O) groups is 4. The van der Waals surface area contributed by atoms with Crippen molar-refractivity contribution in [1.29, 1.82) is 0 Å². The van der Waals surface area contributed by atoms with Gasteiger partial charge in [0.2, 0.25) is 0 Å². The molecule has 0 radical (unpaired) electrons. The van der Waals surface area contributed by atoms with E-state index < -0.39 is 97.5 Å². The highest BCUT2D eigenvalue weighted by Gasteiger charge is 2.30. The molecule has 19 heteroatoms. The predicted molar refractivity (Wildman–Crippen MR) is 390 cm³/mol. The average Bonchev–Trinajstić information content (AvgIpc) is 1.21. The number of aliphatic hydroxyl groups is 1. The fourth-order valence-corrected chi connectivity index (χ4v) is 10.9. The molecule has 0 aromatic rings. The summed E-state index contributed by atoms with van der Waals surface area (Å²) >= 11 is 0. The summed E-state index contributed by atoms with van der Waals surface area (Å²) in [4.78, 5) is 72.7. The van der Waals surface area contributed by atoms with Gasteiger partial charge >= 0.3 is 39.5 Å². The topological polar surface area (TPSA) is 237 Å². The molecule has 0 fully saturated rings. The number of esters is 4. The lowest BCUT2D eigenvalue weighted by molar-refractivity contribution is -0.161. The second-order valence-electron chi connectivity index (χ2n) is 24.1. The summed E-state index contributed by atoms with van der Waals surface area (Å²) in [6.45, 7) is 4.47. The van der Waals surface area contributed by atoms with Crippen molar-refractivity contribution in [3.63, 3.8) is 0 Å². The minimum Gasteiger partial charge on any atom is -0.462 e. The van der Waals surface area contributed by atoms with Gasteiger partial charge in [-0.05, 0) is 141 Å². The molecule has 4 atom stereocenters. The first kappa shape index (κ1) is 91.5. The van der Waals surface area contributed by atoms with Crippen LogP contribution in [0.1, 0.15) is 285 Å². The maximum atomic E-state index is 13.0. The van der Waals surface area contributed by atoms with Crippen molar-refractivity contribution in [2.24, 2.45) is 0 Å². The Morgan fingerprint density at radius 1 is 0.302 bits per heavy atom. The van der Waals surface area contributed by atoms with E-state index in [1.54, 1.807) is 0 Å². The Kier molecular flexibility index (Phi) is 65.7. The van der Waals surface area contributed by atoms with E-state index in [9.17, 15) is 43.2 Å². The lowest BCUT2D eigenvalue weighted by Crippen LogP contribution is -2.30. The van der Waals surface area contributed by atoms with E-state index in [0.717, 1.165) is 180 Å². The van der Waals surface area contributed by atoms with Crippen molar-refractivity contribution in [3.05, 3.63) is 122 Å². The minimum absolute atomic E-state index is 0.0762. The number of hydrogen-bond acceptors (Lipinski definition) is 15. The normalized spacial score (nSPS) is 14.7. The van der Waals surface area contributed by atoms with Crippen LogP contribution < -0.4 is 0 Å². The Hall–Kier alpha value is -4.54. The van der Waals surface area contributed by atoms with E-state index in [1.165, 1.54) is 25.7 Å². The molecular formula is C77H130O17P2. The fourth-order valence-electron chi connectivity index (χ4n) is 9.28. The Labute approximate surface area is 581 Å². The molecule has 0 saturated heterocycles. The van der Waals surface area contributed by atoms with Crippen LogP contribution in [0.2, 0.25) is 0 Å². The van der Waals surface area contributed by atoms with Gasteiger partial charge in [-0.15, -0.1) is 0 Å². The number of ether oxygens (including phenoxy) is 4. The van der Waals surface area contributed by atoms with Crippen LogP contribution in [0, 0.1) is 0 Å². The Bertz CT molecular complexity index is 2140. The molecule has 0 saturated carbocycles. The van der Waals surface area contributed by atoms with Crippen LogP contribution in [0.5, 0.6) is 0 Å². The van der Waals surface area contributed by atoms with E-state index in [-0.39, 0.29) is 25.7 Å². The Morgan fingerprint density at radius 2 is 0.542 bits per heavy atom. The van der Waals surface area contributed by atoms with Gasteiger partial charge in [-0.1, -0.05) is 239 Å². The SMILES string of the molecule is CC/C=C\C/C=C\C/C=C\C/C=C\CCCCCCC(=O)OCC(COP(=O)(O)OCC(O)COP(=O)(O)OCC(COC(=O)CCCCCC/C=C\C/C=C\C/C=C\C/C=C\CC)OC(=O)CCCCCCC/C=C\CCCC)OC(=O)CCCCCCC/C=C\CCCC. The zero-order valence-electron chi connectivity index (χ0n) is 59.8. The Morgan fingerprint density at radius 3 is 0.844 bits per heavy atom. The van der Waals surface area contributed by atoms with Crippen molar-refractivity contribution in [3.8, 4) is 0 Å². The third kappa shape index (κ3) is 68.0. The number of allylic oxidation sites excluding steroid dienone is 20. The molecule has 0 bridgehead atoms. The Balaban J connectivity index is 5.34. The molecule has 0 aliphatic heterocycles. The van der Waals surface area contributed by atoms with Gasteiger partial charge in [0.15, 0.2) is 12.2 Å². The summed E-state index contributed by atoms with van der Waals surface area (Å²) in [6.07, 6.45) is 73.5. The summed E-state index contributed by atoms with van der Waals surface area (Å²) in [5.74, 6) is -2.25. The molecule has 0 rings (SSSR count). The molecule has 550 valence electrons. The van der Waals surface area contributed by atoms with Crippen LogP contribution in [0.25, 0.3) is 0 Å². The summed E-state index contributed by atoms with van der Waals surface area (Å²) in [6, 6.07) is 0. The second-order valence-corrected chi connectivity index (χ2v) is 27.0. The van der Waals surface area contributed by atoms with Crippen LogP contribution in [-0.4, -0.2) is 96.7 Å². The van der Waals surface area contributed by atoms with E-state index in [1.807, 2.05) is 0 Å². The lowest BCUT2D eigenvalue weighted by Gasteiger charge is -2.21. The van der Waals surface area contributed by atoms with Crippen LogP contribution in [0.4, 0.5) is 0 Å². The van der Waals surface area contributed by atoms with E-state index >= 15 is 0 Å². The summed E-state index contributed by atoms with van der Waals surface area (Å²) in [7, 11) is -9.96. The molecule has 0 aromatic carbocycles. The van der Waals surface area contributed by atoms with E-state index in [4.69, 9.17) is 37.0 Å². The molecule has 96 heavy (non-hydrogen) atoms.